The number of nitrogen functional groups attached to an aromatic ring is 1. The lowest BCUT2D eigenvalue weighted by molar-refractivity contribution is -0.164. The van der Waals surface area contributed by atoms with Crippen LogP contribution in [0.5, 0.6) is 0 Å². The first-order valence-electron chi connectivity index (χ1n) is 8.62. The van der Waals surface area contributed by atoms with Crippen molar-refractivity contribution in [1.82, 2.24) is 19.8 Å². The minimum absolute atomic E-state index is 0.0616. The lowest BCUT2D eigenvalue weighted by Gasteiger charge is -2.30. The summed E-state index contributed by atoms with van der Waals surface area (Å²) in [6.45, 7) is 0.341. The van der Waals surface area contributed by atoms with Crippen LogP contribution in [0.15, 0.2) is 29.4 Å². The van der Waals surface area contributed by atoms with Crippen LogP contribution in [-0.4, -0.2) is 50.2 Å². The Morgan fingerprint density at radius 2 is 2.04 bits per heavy atom. The molecule has 3 rings (SSSR count). The quantitative estimate of drug-likeness (QED) is 0.426. The van der Waals surface area contributed by atoms with Crippen molar-refractivity contribution in [1.29, 1.82) is 0 Å². The minimum atomic E-state index is -4.48. The van der Waals surface area contributed by atoms with Gasteiger partial charge in [-0.2, -0.15) is 13.2 Å². The van der Waals surface area contributed by atoms with Gasteiger partial charge in [-0.3, -0.25) is 4.79 Å². The average molecular weight is 417 g/mol. The van der Waals surface area contributed by atoms with E-state index in [9.17, 15) is 22.4 Å². The normalized spacial score (nSPS) is 15.5. The number of nitrogens with zero attached hydrogens (tertiary/aromatic N) is 4. The summed E-state index contributed by atoms with van der Waals surface area (Å²) in [6, 6.07) is 5.36. The van der Waals surface area contributed by atoms with Gasteiger partial charge in [0, 0.05) is 6.04 Å². The molecular weight excluding hydrogens is 398 g/mol. The highest BCUT2D eigenvalue weighted by atomic mass is 32.2. The highest BCUT2D eigenvalue weighted by Gasteiger charge is 2.40. The third kappa shape index (κ3) is 4.75. The van der Waals surface area contributed by atoms with Gasteiger partial charge in [0.15, 0.2) is 5.82 Å². The van der Waals surface area contributed by atoms with Gasteiger partial charge in [0.1, 0.15) is 12.4 Å². The van der Waals surface area contributed by atoms with Crippen LogP contribution in [-0.2, 0) is 4.79 Å². The topological polar surface area (TPSA) is 77.0 Å². The number of carbonyl (C=O) groups is 1. The zero-order chi connectivity index (χ0) is 20.5. The Balaban J connectivity index is 1.70. The van der Waals surface area contributed by atoms with Crippen LogP contribution >= 0.6 is 11.8 Å². The first kappa shape index (κ1) is 20.4. The van der Waals surface area contributed by atoms with Gasteiger partial charge in [-0.15, -0.1) is 10.2 Å². The molecule has 6 nitrogen and oxygen atoms in total. The van der Waals surface area contributed by atoms with Crippen LogP contribution in [0.25, 0.3) is 11.4 Å². The van der Waals surface area contributed by atoms with Crippen LogP contribution in [0.4, 0.5) is 17.6 Å². The number of aromatic nitrogens is 3. The summed E-state index contributed by atoms with van der Waals surface area (Å²) >= 11 is 0.864. The molecule has 1 atom stereocenters. The zero-order valence-electron chi connectivity index (χ0n) is 15.0. The third-order valence-corrected chi connectivity index (χ3v) is 5.50. The second kappa shape index (κ2) is 7.98. The Hall–Kier alpha value is -2.30. The van der Waals surface area contributed by atoms with Gasteiger partial charge in [-0.25, -0.2) is 9.07 Å². The number of nitrogens with two attached hydrogens (primary N) is 1. The number of alkyl halides is 3. The number of benzene rings is 1. The van der Waals surface area contributed by atoms with Gasteiger partial charge >= 0.3 is 6.18 Å². The molecule has 11 heteroatoms. The maximum absolute atomic E-state index is 13.9. The number of amides is 1. The molecule has 1 aromatic heterocycles. The fraction of sp³-hybridized carbons (Fsp3) is 0.471. The van der Waals surface area contributed by atoms with Crippen LogP contribution in [0.3, 0.4) is 0 Å². The Kier molecular flexibility index (Phi) is 5.82. The largest absolute Gasteiger partial charge is 0.406 e. The van der Waals surface area contributed by atoms with Crippen LogP contribution in [0.1, 0.15) is 19.8 Å². The molecule has 1 heterocycles. The highest BCUT2D eigenvalue weighted by molar-refractivity contribution is 7.99. The van der Waals surface area contributed by atoms with E-state index in [0.717, 1.165) is 34.2 Å². The van der Waals surface area contributed by atoms with E-state index in [1.807, 2.05) is 0 Å². The smallest absolute Gasteiger partial charge is 0.335 e. The molecule has 0 bridgehead atoms. The summed E-state index contributed by atoms with van der Waals surface area (Å²) in [5.41, 5.74) is 0.136. The van der Waals surface area contributed by atoms with Crippen molar-refractivity contribution in [2.24, 2.45) is 5.92 Å². The van der Waals surface area contributed by atoms with Crippen molar-refractivity contribution in [3.8, 4) is 11.4 Å². The predicted molar refractivity (Wildman–Crippen MR) is 96.2 cm³/mol. The second-order valence-corrected chi connectivity index (χ2v) is 7.60. The van der Waals surface area contributed by atoms with Crippen molar-refractivity contribution >= 4 is 17.7 Å². The molecule has 1 aliphatic carbocycles. The maximum atomic E-state index is 13.9. The molecule has 0 saturated heterocycles. The van der Waals surface area contributed by atoms with Crippen molar-refractivity contribution in [3.63, 3.8) is 0 Å². The second-order valence-electron chi connectivity index (χ2n) is 6.66. The molecule has 0 unspecified atom stereocenters. The van der Waals surface area contributed by atoms with Gasteiger partial charge in [-0.05, 0) is 37.8 Å². The standard InChI is InChI=1S/C17H19F4N5OS/c1-10(11-6-7-11)25(9-17(19,20)21)14(27)8-28-16-24-23-15(26(16)22)12-4-2-3-5-13(12)18/h2-5,10-11H,6-9,22H2,1H3/t10-/m0/s1. The molecule has 1 aromatic carbocycles. The van der Waals surface area contributed by atoms with E-state index in [1.165, 1.54) is 18.2 Å². The lowest BCUT2D eigenvalue weighted by Crippen LogP contribution is -2.46. The Labute approximate surface area is 163 Å². The Bertz CT molecular complexity index is 852. The van der Waals surface area contributed by atoms with Crippen molar-refractivity contribution in [2.45, 2.75) is 37.1 Å². The molecule has 0 radical (unpaired) electrons. The zero-order valence-corrected chi connectivity index (χ0v) is 15.8. The molecule has 1 fully saturated rings. The van der Waals surface area contributed by atoms with E-state index in [-0.39, 0.29) is 28.2 Å². The molecule has 0 spiro atoms. The van der Waals surface area contributed by atoms with Crippen LogP contribution in [0, 0.1) is 11.7 Å². The van der Waals surface area contributed by atoms with Gasteiger partial charge in [0.25, 0.3) is 0 Å². The van der Waals surface area contributed by atoms with Crippen LogP contribution in [0.2, 0.25) is 0 Å². The van der Waals surface area contributed by atoms with Gasteiger partial charge in [0.2, 0.25) is 11.1 Å². The summed E-state index contributed by atoms with van der Waals surface area (Å²) in [4.78, 5) is 13.3. The lowest BCUT2D eigenvalue weighted by atomic mass is 10.2. The summed E-state index contributed by atoms with van der Waals surface area (Å²) in [7, 11) is 0. The number of rotatable bonds is 7. The van der Waals surface area contributed by atoms with E-state index < -0.39 is 30.5 Å². The first-order valence-corrected chi connectivity index (χ1v) is 9.60. The van der Waals surface area contributed by atoms with Gasteiger partial charge in [-0.1, -0.05) is 23.9 Å². The van der Waals surface area contributed by atoms with Gasteiger partial charge in [0.05, 0.1) is 11.3 Å². The van der Waals surface area contributed by atoms with Crippen molar-refractivity contribution in [2.75, 3.05) is 18.1 Å². The summed E-state index contributed by atoms with van der Waals surface area (Å²) < 4.78 is 53.6. The molecule has 2 N–H and O–H groups in total. The number of thioether (sulfide) groups is 1. The van der Waals surface area contributed by atoms with E-state index in [0.29, 0.717) is 0 Å². The first-order chi connectivity index (χ1) is 13.2. The van der Waals surface area contributed by atoms with E-state index >= 15 is 0 Å². The number of carbonyl (C=O) groups excluding carboxylic acids is 1. The summed E-state index contributed by atoms with van der Waals surface area (Å²) in [6.07, 6.45) is -2.84. The van der Waals surface area contributed by atoms with E-state index in [1.54, 1.807) is 13.0 Å². The molecule has 0 aliphatic heterocycles. The maximum Gasteiger partial charge on any atom is 0.406 e. The SMILES string of the molecule is C[C@@H](C1CC1)N(CC(F)(F)F)C(=O)CSc1nnc(-c2ccccc2F)n1N. The fourth-order valence-corrected chi connectivity index (χ4v) is 3.64. The monoisotopic (exact) mass is 417 g/mol. The number of hydrogen-bond donors (Lipinski definition) is 1. The molecule has 28 heavy (non-hydrogen) atoms. The number of hydrogen-bond acceptors (Lipinski definition) is 5. The fourth-order valence-electron chi connectivity index (χ4n) is 2.90. The third-order valence-electron chi connectivity index (χ3n) is 4.57. The summed E-state index contributed by atoms with van der Waals surface area (Å²) in [5, 5.41) is 7.76. The molecule has 2 aromatic rings. The molecule has 152 valence electrons. The molecular formula is C17H19F4N5OS. The molecule has 1 aliphatic rings. The molecule has 1 saturated carbocycles. The average Bonchev–Trinajstić information content (AvgIpc) is 3.41. The van der Waals surface area contributed by atoms with E-state index in [4.69, 9.17) is 5.84 Å². The minimum Gasteiger partial charge on any atom is -0.335 e. The van der Waals surface area contributed by atoms with Gasteiger partial charge < -0.3 is 10.7 Å². The Morgan fingerprint density at radius 1 is 1.36 bits per heavy atom. The Morgan fingerprint density at radius 3 is 2.64 bits per heavy atom. The molecule has 1 amide bonds. The number of halogens is 4. The van der Waals surface area contributed by atoms with Crippen molar-refractivity contribution in [3.05, 3.63) is 30.1 Å². The highest BCUT2D eigenvalue weighted by Crippen LogP contribution is 2.36. The predicted octanol–water partition coefficient (Wildman–Crippen LogP) is 3.08. The van der Waals surface area contributed by atoms with Crippen molar-refractivity contribution < 1.29 is 22.4 Å². The van der Waals surface area contributed by atoms with E-state index in [2.05, 4.69) is 10.2 Å². The summed E-state index contributed by atoms with van der Waals surface area (Å²) in [5.74, 6) is 4.57. The van der Waals surface area contributed by atoms with Crippen LogP contribution < -0.4 is 5.84 Å².